The first kappa shape index (κ1) is 15.5. The summed E-state index contributed by atoms with van der Waals surface area (Å²) in [6.07, 6.45) is 1.97. The molecule has 1 aliphatic heterocycles. The van der Waals surface area contributed by atoms with Gasteiger partial charge in [-0.05, 0) is 30.7 Å². The predicted octanol–water partition coefficient (Wildman–Crippen LogP) is 1.79. The molecule has 3 rings (SSSR count). The van der Waals surface area contributed by atoms with Crippen LogP contribution in [0.5, 0.6) is 11.6 Å². The van der Waals surface area contributed by atoms with Gasteiger partial charge >= 0.3 is 0 Å². The third kappa shape index (κ3) is 3.87. The second-order valence-electron chi connectivity index (χ2n) is 5.34. The minimum absolute atomic E-state index is 0.0200. The van der Waals surface area contributed by atoms with Gasteiger partial charge in [-0.15, -0.1) is 0 Å². The third-order valence-corrected chi connectivity index (χ3v) is 5.31. The summed E-state index contributed by atoms with van der Waals surface area (Å²) in [5, 5.41) is 2.74. The first-order chi connectivity index (χ1) is 11.0. The number of pyridine rings is 1. The van der Waals surface area contributed by atoms with Crippen LogP contribution in [0.25, 0.3) is 0 Å². The monoisotopic (exact) mass is 332 g/mol. The summed E-state index contributed by atoms with van der Waals surface area (Å²) in [5.41, 5.74) is 0.278. The van der Waals surface area contributed by atoms with Gasteiger partial charge in [0.2, 0.25) is 5.88 Å². The van der Waals surface area contributed by atoms with E-state index in [2.05, 4.69) is 10.3 Å². The number of hydrogen-bond donors (Lipinski definition) is 1. The van der Waals surface area contributed by atoms with Crippen LogP contribution < -0.4 is 10.1 Å². The number of nitrogens with one attached hydrogen (secondary N) is 1. The fourth-order valence-electron chi connectivity index (χ4n) is 2.42. The number of amides is 1. The van der Waals surface area contributed by atoms with Crippen molar-refractivity contribution in [1.82, 2.24) is 10.3 Å². The molecule has 1 fully saturated rings. The van der Waals surface area contributed by atoms with Crippen LogP contribution >= 0.6 is 0 Å². The van der Waals surface area contributed by atoms with Gasteiger partial charge in [-0.1, -0.05) is 18.2 Å². The van der Waals surface area contributed by atoms with E-state index in [-0.39, 0.29) is 34.9 Å². The number of carbonyl (C=O) groups is 1. The van der Waals surface area contributed by atoms with Crippen LogP contribution in [0.2, 0.25) is 0 Å². The van der Waals surface area contributed by atoms with Gasteiger partial charge in [-0.3, -0.25) is 4.79 Å². The summed E-state index contributed by atoms with van der Waals surface area (Å²) in [7, 11) is -3.04. The number of para-hydroxylation sites is 1. The van der Waals surface area contributed by atoms with Gasteiger partial charge in [0.05, 0.1) is 11.5 Å². The minimum atomic E-state index is -3.04. The van der Waals surface area contributed by atoms with E-state index in [1.807, 2.05) is 18.2 Å². The average molecular weight is 332 g/mol. The van der Waals surface area contributed by atoms with Crippen molar-refractivity contribution in [3.8, 4) is 11.6 Å². The van der Waals surface area contributed by atoms with Crippen molar-refractivity contribution >= 4 is 15.7 Å². The van der Waals surface area contributed by atoms with Crippen LogP contribution in [0.4, 0.5) is 0 Å². The van der Waals surface area contributed by atoms with Crippen LogP contribution in [0, 0.1) is 0 Å². The molecule has 1 aliphatic rings. The summed E-state index contributed by atoms with van der Waals surface area (Å²) in [4.78, 5) is 16.5. The Morgan fingerprint density at radius 1 is 1.17 bits per heavy atom. The lowest BCUT2D eigenvalue weighted by Gasteiger charge is -2.13. The number of sulfone groups is 1. The second-order valence-corrected chi connectivity index (χ2v) is 7.57. The van der Waals surface area contributed by atoms with E-state index < -0.39 is 9.84 Å². The number of hydrogen-bond acceptors (Lipinski definition) is 5. The standard InChI is InChI=1S/C16H16N2O4S/c19-15(18-12-8-10-23(20,21)11-12)14-7-4-9-17-16(14)22-13-5-2-1-3-6-13/h1-7,9,12H,8,10-11H2,(H,18,19). The van der Waals surface area contributed by atoms with Crippen molar-refractivity contribution in [1.29, 1.82) is 0 Å². The summed E-state index contributed by atoms with van der Waals surface area (Å²) in [6.45, 7) is 0. The van der Waals surface area contributed by atoms with Gasteiger partial charge < -0.3 is 10.1 Å². The van der Waals surface area contributed by atoms with Crippen molar-refractivity contribution < 1.29 is 17.9 Å². The highest BCUT2D eigenvalue weighted by Crippen LogP contribution is 2.23. The Kier molecular flexibility index (Phi) is 4.29. The van der Waals surface area contributed by atoms with Crippen molar-refractivity contribution in [3.05, 3.63) is 54.2 Å². The molecule has 1 atom stereocenters. The molecule has 120 valence electrons. The Morgan fingerprint density at radius 3 is 2.65 bits per heavy atom. The molecule has 0 bridgehead atoms. The molecule has 1 N–H and O–H groups in total. The van der Waals surface area contributed by atoms with Gasteiger partial charge in [0.25, 0.3) is 5.91 Å². The number of rotatable bonds is 4. The zero-order chi connectivity index (χ0) is 16.3. The van der Waals surface area contributed by atoms with Crippen molar-refractivity contribution in [3.63, 3.8) is 0 Å². The van der Waals surface area contributed by atoms with E-state index in [0.717, 1.165) is 0 Å². The zero-order valence-corrected chi connectivity index (χ0v) is 13.1. The number of nitrogens with zero attached hydrogens (tertiary/aromatic N) is 1. The third-order valence-electron chi connectivity index (χ3n) is 3.54. The normalized spacial score (nSPS) is 19.2. The molecule has 0 saturated carbocycles. The van der Waals surface area contributed by atoms with Crippen LogP contribution in [0.15, 0.2) is 48.7 Å². The molecule has 0 radical (unpaired) electrons. The van der Waals surface area contributed by atoms with Gasteiger partial charge in [0.1, 0.15) is 11.3 Å². The van der Waals surface area contributed by atoms with Gasteiger partial charge in [-0.25, -0.2) is 13.4 Å². The highest BCUT2D eigenvalue weighted by atomic mass is 32.2. The molecule has 23 heavy (non-hydrogen) atoms. The maximum Gasteiger partial charge on any atom is 0.257 e. The molecular weight excluding hydrogens is 316 g/mol. The van der Waals surface area contributed by atoms with E-state index in [1.165, 1.54) is 6.20 Å². The topological polar surface area (TPSA) is 85.4 Å². The molecule has 6 nitrogen and oxygen atoms in total. The number of carbonyl (C=O) groups excluding carboxylic acids is 1. The number of benzene rings is 1. The van der Waals surface area contributed by atoms with Gasteiger partial charge in [0, 0.05) is 12.2 Å². The van der Waals surface area contributed by atoms with Crippen molar-refractivity contribution in [2.45, 2.75) is 12.5 Å². The molecule has 0 spiro atoms. The lowest BCUT2D eigenvalue weighted by molar-refractivity contribution is 0.0938. The SMILES string of the molecule is O=C(NC1CCS(=O)(=O)C1)c1cccnc1Oc1ccccc1. The largest absolute Gasteiger partial charge is 0.438 e. The van der Waals surface area contributed by atoms with E-state index in [9.17, 15) is 13.2 Å². The minimum Gasteiger partial charge on any atom is -0.438 e. The lowest BCUT2D eigenvalue weighted by atomic mass is 10.2. The van der Waals surface area contributed by atoms with Crippen LogP contribution in [-0.4, -0.2) is 36.9 Å². The Hall–Kier alpha value is -2.41. The molecule has 2 aromatic rings. The van der Waals surface area contributed by atoms with Crippen LogP contribution in [0.1, 0.15) is 16.8 Å². The van der Waals surface area contributed by atoms with Crippen LogP contribution in [-0.2, 0) is 9.84 Å². The zero-order valence-electron chi connectivity index (χ0n) is 12.3. The quantitative estimate of drug-likeness (QED) is 0.922. The highest BCUT2D eigenvalue weighted by molar-refractivity contribution is 7.91. The molecule has 2 heterocycles. The molecule has 1 unspecified atom stereocenters. The number of ether oxygens (including phenoxy) is 1. The second kappa shape index (κ2) is 6.37. The van der Waals surface area contributed by atoms with Crippen molar-refractivity contribution in [2.75, 3.05) is 11.5 Å². The molecule has 7 heteroatoms. The fraction of sp³-hybridized carbons (Fsp3) is 0.250. The first-order valence-electron chi connectivity index (χ1n) is 7.23. The van der Waals surface area contributed by atoms with Crippen molar-refractivity contribution in [2.24, 2.45) is 0 Å². The smallest absolute Gasteiger partial charge is 0.257 e. The Labute approximate surface area is 134 Å². The lowest BCUT2D eigenvalue weighted by Crippen LogP contribution is -2.35. The molecule has 1 amide bonds. The summed E-state index contributed by atoms with van der Waals surface area (Å²) >= 11 is 0. The predicted molar refractivity (Wildman–Crippen MR) is 85.3 cm³/mol. The molecule has 1 aromatic heterocycles. The van der Waals surface area contributed by atoms with Crippen LogP contribution in [0.3, 0.4) is 0 Å². The van der Waals surface area contributed by atoms with E-state index in [4.69, 9.17) is 4.74 Å². The highest BCUT2D eigenvalue weighted by Gasteiger charge is 2.29. The van der Waals surface area contributed by atoms with Gasteiger partial charge in [0.15, 0.2) is 9.84 Å². The average Bonchev–Trinajstić information content (AvgIpc) is 2.87. The molecular formula is C16H16N2O4S. The Bertz CT molecular complexity index is 806. The Balaban J connectivity index is 1.76. The maximum absolute atomic E-state index is 12.4. The van der Waals surface area contributed by atoms with Gasteiger partial charge in [-0.2, -0.15) is 0 Å². The van der Waals surface area contributed by atoms with E-state index >= 15 is 0 Å². The maximum atomic E-state index is 12.4. The molecule has 0 aliphatic carbocycles. The summed E-state index contributed by atoms with van der Waals surface area (Å²) < 4.78 is 28.6. The van der Waals surface area contributed by atoms with E-state index in [0.29, 0.717) is 12.2 Å². The molecule has 1 saturated heterocycles. The first-order valence-corrected chi connectivity index (χ1v) is 9.05. The fourth-order valence-corrected chi connectivity index (χ4v) is 4.09. The molecule has 1 aromatic carbocycles. The summed E-state index contributed by atoms with van der Waals surface area (Å²) in [6, 6.07) is 11.9. The Morgan fingerprint density at radius 2 is 1.96 bits per heavy atom. The number of aromatic nitrogens is 1. The van der Waals surface area contributed by atoms with E-state index in [1.54, 1.807) is 24.3 Å². The summed E-state index contributed by atoms with van der Waals surface area (Å²) in [5.74, 6) is 0.471.